The Bertz CT molecular complexity index is 600. The van der Waals surface area contributed by atoms with E-state index in [0.29, 0.717) is 5.91 Å². The smallest absolute Gasteiger partial charge is 0.222 e. The highest BCUT2D eigenvalue weighted by atomic mass is 16.2. The summed E-state index contributed by atoms with van der Waals surface area (Å²) in [6.07, 6.45) is 5.48. The molecule has 4 heteroatoms. The van der Waals surface area contributed by atoms with Gasteiger partial charge in [-0.3, -0.25) is 14.6 Å². The SMILES string of the molecule is CN1CCN(Cc2ccccc2)C[C@@]12CCC(=O)N(CC1CC1)CC2. The van der Waals surface area contributed by atoms with E-state index >= 15 is 0 Å². The van der Waals surface area contributed by atoms with Crippen molar-refractivity contribution in [2.75, 3.05) is 39.8 Å². The second kappa shape index (κ2) is 7.08. The molecule has 3 aliphatic rings. The van der Waals surface area contributed by atoms with Crippen LogP contribution in [0.5, 0.6) is 0 Å². The van der Waals surface area contributed by atoms with Crippen molar-refractivity contribution in [3.8, 4) is 0 Å². The molecule has 3 fully saturated rings. The zero-order chi connectivity index (χ0) is 17.3. The van der Waals surface area contributed by atoms with E-state index in [1.54, 1.807) is 0 Å². The Hall–Kier alpha value is -1.39. The highest BCUT2D eigenvalue weighted by Crippen LogP contribution is 2.35. The highest BCUT2D eigenvalue weighted by Gasteiger charge is 2.42. The van der Waals surface area contributed by atoms with Crippen LogP contribution in [0.4, 0.5) is 0 Å². The van der Waals surface area contributed by atoms with Crippen molar-refractivity contribution in [3.05, 3.63) is 35.9 Å². The average Bonchev–Trinajstić information content (AvgIpc) is 3.45. The first-order valence-electron chi connectivity index (χ1n) is 9.90. The molecule has 1 atom stereocenters. The van der Waals surface area contributed by atoms with Gasteiger partial charge in [0, 0.05) is 51.2 Å². The lowest BCUT2D eigenvalue weighted by molar-refractivity contribution is -0.131. The Morgan fingerprint density at radius 2 is 1.88 bits per heavy atom. The largest absolute Gasteiger partial charge is 0.342 e. The molecule has 0 radical (unpaired) electrons. The molecule has 2 saturated heterocycles. The summed E-state index contributed by atoms with van der Waals surface area (Å²) in [5.74, 6) is 1.18. The van der Waals surface area contributed by atoms with Gasteiger partial charge in [-0.05, 0) is 44.2 Å². The maximum atomic E-state index is 12.6. The van der Waals surface area contributed by atoms with Gasteiger partial charge in [-0.1, -0.05) is 30.3 Å². The first-order chi connectivity index (χ1) is 12.1. The summed E-state index contributed by atoms with van der Waals surface area (Å²) in [6, 6.07) is 10.8. The van der Waals surface area contributed by atoms with Crippen molar-refractivity contribution in [3.63, 3.8) is 0 Å². The summed E-state index contributed by atoms with van der Waals surface area (Å²) in [6.45, 7) is 6.28. The first kappa shape index (κ1) is 17.0. The quantitative estimate of drug-likeness (QED) is 0.842. The molecule has 136 valence electrons. The van der Waals surface area contributed by atoms with Crippen LogP contribution < -0.4 is 0 Å². The molecule has 0 aromatic heterocycles. The molecule has 0 unspecified atom stereocenters. The van der Waals surface area contributed by atoms with Crippen LogP contribution in [-0.2, 0) is 11.3 Å². The third kappa shape index (κ3) is 3.90. The van der Waals surface area contributed by atoms with Crippen LogP contribution in [0.15, 0.2) is 30.3 Å². The van der Waals surface area contributed by atoms with Gasteiger partial charge in [-0.15, -0.1) is 0 Å². The van der Waals surface area contributed by atoms with E-state index in [4.69, 9.17) is 0 Å². The van der Waals surface area contributed by atoms with Crippen LogP contribution in [0.1, 0.15) is 37.7 Å². The lowest BCUT2D eigenvalue weighted by Gasteiger charge is -2.49. The van der Waals surface area contributed by atoms with E-state index in [0.717, 1.165) is 64.4 Å². The van der Waals surface area contributed by atoms with Gasteiger partial charge in [0.2, 0.25) is 5.91 Å². The Morgan fingerprint density at radius 3 is 2.64 bits per heavy atom. The van der Waals surface area contributed by atoms with Gasteiger partial charge >= 0.3 is 0 Å². The van der Waals surface area contributed by atoms with Crippen molar-refractivity contribution >= 4 is 5.91 Å². The zero-order valence-corrected chi connectivity index (χ0v) is 15.5. The molecule has 0 N–H and O–H groups in total. The first-order valence-corrected chi connectivity index (χ1v) is 9.90. The third-order valence-corrected chi connectivity index (χ3v) is 6.51. The number of likely N-dealkylation sites (N-methyl/N-ethyl adjacent to an activating group) is 1. The van der Waals surface area contributed by atoms with Crippen molar-refractivity contribution in [1.29, 1.82) is 0 Å². The second-order valence-corrected chi connectivity index (χ2v) is 8.38. The molecule has 2 aliphatic heterocycles. The lowest BCUT2D eigenvalue weighted by atomic mass is 9.86. The highest BCUT2D eigenvalue weighted by molar-refractivity contribution is 5.76. The number of amides is 1. The summed E-state index contributed by atoms with van der Waals surface area (Å²) in [5.41, 5.74) is 1.56. The molecule has 1 aromatic carbocycles. The fourth-order valence-corrected chi connectivity index (χ4v) is 4.56. The zero-order valence-electron chi connectivity index (χ0n) is 15.5. The molecule has 25 heavy (non-hydrogen) atoms. The fraction of sp³-hybridized carbons (Fsp3) is 0.667. The van der Waals surface area contributed by atoms with E-state index in [1.807, 2.05) is 0 Å². The van der Waals surface area contributed by atoms with Gasteiger partial charge in [-0.2, -0.15) is 0 Å². The average molecular weight is 341 g/mol. The molecule has 1 amide bonds. The predicted molar refractivity (Wildman–Crippen MR) is 100 cm³/mol. The van der Waals surface area contributed by atoms with E-state index in [-0.39, 0.29) is 5.54 Å². The summed E-state index contributed by atoms with van der Waals surface area (Å²) < 4.78 is 0. The molecular weight excluding hydrogens is 310 g/mol. The minimum Gasteiger partial charge on any atom is -0.342 e. The van der Waals surface area contributed by atoms with Gasteiger partial charge in [0.25, 0.3) is 0 Å². The summed E-state index contributed by atoms with van der Waals surface area (Å²) in [4.78, 5) is 19.9. The van der Waals surface area contributed by atoms with Gasteiger partial charge in [0.1, 0.15) is 0 Å². The van der Waals surface area contributed by atoms with Crippen LogP contribution in [-0.4, -0.2) is 65.9 Å². The second-order valence-electron chi connectivity index (χ2n) is 8.38. The summed E-state index contributed by atoms with van der Waals surface area (Å²) >= 11 is 0. The molecule has 0 bridgehead atoms. The van der Waals surface area contributed by atoms with Crippen LogP contribution in [0.2, 0.25) is 0 Å². The minimum absolute atomic E-state index is 0.168. The van der Waals surface area contributed by atoms with Gasteiger partial charge in [0.15, 0.2) is 0 Å². The normalized spacial score (nSPS) is 29.2. The Balaban J connectivity index is 1.43. The van der Waals surface area contributed by atoms with E-state index < -0.39 is 0 Å². The van der Waals surface area contributed by atoms with Gasteiger partial charge in [0.05, 0.1) is 0 Å². The van der Waals surface area contributed by atoms with Crippen molar-refractivity contribution < 1.29 is 4.79 Å². The number of rotatable bonds is 4. The number of nitrogens with zero attached hydrogens (tertiary/aromatic N) is 3. The number of likely N-dealkylation sites (tertiary alicyclic amines) is 1. The van der Waals surface area contributed by atoms with Gasteiger partial charge in [-0.25, -0.2) is 0 Å². The number of carbonyl (C=O) groups is 1. The van der Waals surface area contributed by atoms with Crippen LogP contribution >= 0.6 is 0 Å². The monoisotopic (exact) mass is 341 g/mol. The fourth-order valence-electron chi connectivity index (χ4n) is 4.56. The maximum absolute atomic E-state index is 12.6. The van der Waals surface area contributed by atoms with Crippen molar-refractivity contribution in [1.82, 2.24) is 14.7 Å². The van der Waals surface area contributed by atoms with Crippen molar-refractivity contribution in [2.45, 2.75) is 44.2 Å². The number of carbonyl (C=O) groups excluding carboxylic acids is 1. The minimum atomic E-state index is 0.168. The number of piperazine rings is 1. The van der Waals surface area contributed by atoms with Crippen LogP contribution in [0, 0.1) is 5.92 Å². The number of hydrogen-bond donors (Lipinski definition) is 0. The Kier molecular flexibility index (Phi) is 4.83. The topological polar surface area (TPSA) is 26.8 Å². The molecule has 4 rings (SSSR count). The number of benzene rings is 1. The standard InChI is InChI=1S/C21H31N3O/c1-22-13-14-23(15-18-5-3-2-4-6-18)17-21(22)10-9-20(25)24(12-11-21)16-19-7-8-19/h2-6,19H,7-17H2,1H3/t21-/m0/s1. The third-order valence-electron chi connectivity index (χ3n) is 6.51. The molecule has 2 heterocycles. The van der Waals surface area contributed by atoms with Crippen molar-refractivity contribution in [2.24, 2.45) is 5.92 Å². The molecule has 1 aliphatic carbocycles. The molecule has 4 nitrogen and oxygen atoms in total. The summed E-state index contributed by atoms with van der Waals surface area (Å²) in [5, 5.41) is 0. The van der Waals surface area contributed by atoms with Gasteiger partial charge < -0.3 is 4.90 Å². The van der Waals surface area contributed by atoms with Crippen LogP contribution in [0.3, 0.4) is 0 Å². The maximum Gasteiger partial charge on any atom is 0.222 e. The molecule has 1 aromatic rings. The molecular formula is C21H31N3O. The van der Waals surface area contributed by atoms with E-state index in [1.165, 1.54) is 18.4 Å². The predicted octanol–water partition coefficient (Wildman–Crippen LogP) is 2.60. The number of hydrogen-bond acceptors (Lipinski definition) is 3. The summed E-state index contributed by atoms with van der Waals surface area (Å²) in [7, 11) is 2.26. The van der Waals surface area contributed by atoms with Crippen LogP contribution in [0.25, 0.3) is 0 Å². The molecule has 1 spiro atoms. The molecule has 1 saturated carbocycles. The van der Waals surface area contributed by atoms with E-state index in [2.05, 4.69) is 52.1 Å². The Morgan fingerprint density at radius 1 is 1.08 bits per heavy atom. The van der Waals surface area contributed by atoms with E-state index in [9.17, 15) is 4.79 Å². The Labute approximate surface area is 151 Å². The lowest BCUT2D eigenvalue weighted by Crippen LogP contribution is -2.60.